The molecule has 0 saturated heterocycles. The van der Waals surface area contributed by atoms with Crippen LogP contribution >= 0.6 is 0 Å². The van der Waals surface area contributed by atoms with Crippen molar-refractivity contribution < 1.29 is 9.53 Å². The van der Waals surface area contributed by atoms with Crippen LogP contribution in [-0.2, 0) is 22.6 Å². The van der Waals surface area contributed by atoms with Gasteiger partial charge in [0.2, 0.25) is 0 Å². The number of esters is 1. The minimum atomic E-state index is -0.184. The second-order valence-electron chi connectivity index (χ2n) is 5.27. The zero-order valence-corrected chi connectivity index (χ0v) is 13.0. The molecule has 0 aliphatic heterocycles. The molecule has 1 aromatic rings. The van der Waals surface area contributed by atoms with Gasteiger partial charge in [0.25, 0.3) is 0 Å². The summed E-state index contributed by atoms with van der Waals surface area (Å²) in [5.74, 6) is 1.23. The molecule has 1 heterocycles. The Kier molecular flexibility index (Phi) is 7.22. The van der Waals surface area contributed by atoms with Gasteiger partial charge in [0.1, 0.15) is 12.2 Å². The molecule has 20 heavy (non-hydrogen) atoms. The number of carbonyl (C=O) groups is 1. The minimum absolute atomic E-state index is 0.184. The lowest BCUT2D eigenvalue weighted by Gasteiger charge is -2.20. The van der Waals surface area contributed by atoms with Gasteiger partial charge in [0.05, 0.1) is 19.7 Å². The van der Waals surface area contributed by atoms with Crippen molar-refractivity contribution in [1.29, 1.82) is 0 Å². The molecule has 0 aliphatic rings. The third kappa shape index (κ3) is 5.69. The molecule has 114 valence electrons. The summed E-state index contributed by atoms with van der Waals surface area (Å²) in [6.45, 7) is 11.2. The standard InChI is InChI=1S/C14H26N4O2/c1-5-7-17(10-14(19)20-6-2)9-13-15-11-16-18(13)8-12(3)4/h11-12H,5-10H2,1-4H3. The highest BCUT2D eigenvalue weighted by Gasteiger charge is 2.15. The van der Waals surface area contributed by atoms with E-state index in [1.807, 2.05) is 11.6 Å². The first kappa shape index (κ1) is 16.6. The van der Waals surface area contributed by atoms with Gasteiger partial charge in [-0.25, -0.2) is 9.67 Å². The molecule has 0 fully saturated rings. The molecule has 0 N–H and O–H groups in total. The monoisotopic (exact) mass is 282 g/mol. The van der Waals surface area contributed by atoms with Gasteiger partial charge in [-0.2, -0.15) is 5.10 Å². The van der Waals surface area contributed by atoms with Crippen molar-refractivity contribution in [3.8, 4) is 0 Å². The zero-order chi connectivity index (χ0) is 15.0. The van der Waals surface area contributed by atoms with Crippen molar-refractivity contribution in [2.45, 2.75) is 47.2 Å². The quantitative estimate of drug-likeness (QED) is 0.645. The molecule has 0 saturated carbocycles. The van der Waals surface area contributed by atoms with Gasteiger partial charge in [-0.3, -0.25) is 9.69 Å². The van der Waals surface area contributed by atoms with E-state index in [0.717, 1.165) is 25.3 Å². The van der Waals surface area contributed by atoms with Crippen LogP contribution < -0.4 is 0 Å². The molecule has 6 heteroatoms. The fourth-order valence-corrected chi connectivity index (χ4v) is 2.03. The van der Waals surface area contributed by atoms with Gasteiger partial charge in [0, 0.05) is 6.54 Å². The van der Waals surface area contributed by atoms with E-state index in [1.54, 1.807) is 6.33 Å². The number of hydrogen-bond donors (Lipinski definition) is 0. The minimum Gasteiger partial charge on any atom is -0.465 e. The predicted octanol–water partition coefficient (Wildman–Crippen LogP) is 1.71. The van der Waals surface area contributed by atoms with Crippen LogP contribution in [0.15, 0.2) is 6.33 Å². The molecule has 1 rings (SSSR count). The smallest absolute Gasteiger partial charge is 0.320 e. The molecule has 0 spiro atoms. The van der Waals surface area contributed by atoms with Crippen LogP contribution in [0.4, 0.5) is 0 Å². The van der Waals surface area contributed by atoms with Gasteiger partial charge >= 0.3 is 5.97 Å². The van der Waals surface area contributed by atoms with E-state index in [9.17, 15) is 4.79 Å². The average molecular weight is 282 g/mol. The highest BCUT2D eigenvalue weighted by atomic mass is 16.5. The van der Waals surface area contributed by atoms with E-state index in [0.29, 0.717) is 25.6 Å². The van der Waals surface area contributed by atoms with E-state index >= 15 is 0 Å². The predicted molar refractivity (Wildman–Crippen MR) is 77.1 cm³/mol. The van der Waals surface area contributed by atoms with Crippen LogP contribution in [0.3, 0.4) is 0 Å². The Morgan fingerprint density at radius 1 is 1.45 bits per heavy atom. The van der Waals surface area contributed by atoms with Crippen LogP contribution in [0.25, 0.3) is 0 Å². The third-order valence-electron chi connectivity index (χ3n) is 2.80. The second-order valence-corrected chi connectivity index (χ2v) is 5.27. The van der Waals surface area contributed by atoms with E-state index in [4.69, 9.17) is 4.74 Å². The Bertz CT molecular complexity index is 404. The number of aromatic nitrogens is 3. The molecule has 0 unspecified atom stereocenters. The molecular weight excluding hydrogens is 256 g/mol. The van der Waals surface area contributed by atoms with Gasteiger partial charge < -0.3 is 4.74 Å². The first-order valence-electron chi connectivity index (χ1n) is 7.31. The topological polar surface area (TPSA) is 60.3 Å². The zero-order valence-electron chi connectivity index (χ0n) is 13.0. The van der Waals surface area contributed by atoms with Crippen molar-refractivity contribution in [2.75, 3.05) is 19.7 Å². The Labute approximate surface area is 121 Å². The van der Waals surface area contributed by atoms with Gasteiger partial charge in [0.15, 0.2) is 0 Å². The van der Waals surface area contributed by atoms with Gasteiger partial charge in [-0.05, 0) is 25.8 Å². The number of rotatable bonds is 9. The van der Waals surface area contributed by atoms with Crippen molar-refractivity contribution in [3.63, 3.8) is 0 Å². The molecule has 0 atom stereocenters. The summed E-state index contributed by atoms with van der Waals surface area (Å²) in [5, 5.41) is 4.25. The van der Waals surface area contributed by atoms with Crippen LogP contribution in [0.1, 0.15) is 39.9 Å². The first-order chi connectivity index (χ1) is 9.56. The molecule has 0 bridgehead atoms. The Balaban J connectivity index is 2.65. The summed E-state index contributed by atoms with van der Waals surface area (Å²) in [7, 11) is 0. The summed E-state index contributed by atoms with van der Waals surface area (Å²) in [5.41, 5.74) is 0. The van der Waals surface area contributed by atoms with E-state index in [-0.39, 0.29) is 5.97 Å². The van der Waals surface area contributed by atoms with Crippen LogP contribution in [-0.4, -0.2) is 45.3 Å². The lowest BCUT2D eigenvalue weighted by molar-refractivity contribution is -0.144. The third-order valence-corrected chi connectivity index (χ3v) is 2.80. The van der Waals surface area contributed by atoms with E-state index < -0.39 is 0 Å². The van der Waals surface area contributed by atoms with Crippen molar-refractivity contribution in [1.82, 2.24) is 19.7 Å². The summed E-state index contributed by atoms with van der Waals surface area (Å²) in [4.78, 5) is 18.0. The van der Waals surface area contributed by atoms with Crippen molar-refractivity contribution in [2.24, 2.45) is 5.92 Å². The Morgan fingerprint density at radius 2 is 2.20 bits per heavy atom. The SMILES string of the molecule is CCCN(CC(=O)OCC)Cc1ncnn1CC(C)C. The summed E-state index contributed by atoms with van der Waals surface area (Å²) in [6, 6.07) is 0. The van der Waals surface area contributed by atoms with Crippen LogP contribution in [0.2, 0.25) is 0 Å². The molecule has 6 nitrogen and oxygen atoms in total. The summed E-state index contributed by atoms with van der Waals surface area (Å²) < 4.78 is 6.92. The number of carbonyl (C=O) groups excluding carboxylic acids is 1. The molecule has 0 aliphatic carbocycles. The summed E-state index contributed by atoms with van der Waals surface area (Å²) in [6.07, 6.45) is 2.56. The molecular formula is C14H26N4O2. The van der Waals surface area contributed by atoms with Crippen LogP contribution in [0.5, 0.6) is 0 Å². The van der Waals surface area contributed by atoms with E-state index in [2.05, 4.69) is 35.8 Å². The molecule has 1 aromatic heterocycles. The maximum absolute atomic E-state index is 11.6. The Morgan fingerprint density at radius 3 is 2.80 bits per heavy atom. The lowest BCUT2D eigenvalue weighted by Crippen LogP contribution is -2.32. The molecule has 0 amide bonds. The Hall–Kier alpha value is -1.43. The largest absolute Gasteiger partial charge is 0.465 e. The van der Waals surface area contributed by atoms with Crippen LogP contribution in [0, 0.1) is 5.92 Å². The maximum atomic E-state index is 11.6. The summed E-state index contributed by atoms with van der Waals surface area (Å²) >= 11 is 0. The van der Waals surface area contributed by atoms with E-state index in [1.165, 1.54) is 0 Å². The first-order valence-corrected chi connectivity index (χ1v) is 7.31. The lowest BCUT2D eigenvalue weighted by atomic mass is 10.2. The highest BCUT2D eigenvalue weighted by Crippen LogP contribution is 2.06. The number of hydrogen-bond acceptors (Lipinski definition) is 5. The van der Waals surface area contributed by atoms with Gasteiger partial charge in [-0.1, -0.05) is 20.8 Å². The number of nitrogens with zero attached hydrogens (tertiary/aromatic N) is 4. The molecule has 0 aromatic carbocycles. The second kappa shape index (κ2) is 8.68. The highest BCUT2D eigenvalue weighted by molar-refractivity contribution is 5.71. The van der Waals surface area contributed by atoms with Gasteiger partial charge in [-0.15, -0.1) is 0 Å². The molecule has 0 radical (unpaired) electrons. The van der Waals surface area contributed by atoms with Crippen molar-refractivity contribution >= 4 is 5.97 Å². The average Bonchev–Trinajstić information content (AvgIpc) is 2.76. The normalized spacial score (nSPS) is 11.3. The fourth-order valence-electron chi connectivity index (χ4n) is 2.03. The maximum Gasteiger partial charge on any atom is 0.320 e. The fraction of sp³-hybridized carbons (Fsp3) is 0.786. The number of ether oxygens (including phenoxy) is 1. The van der Waals surface area contributed by atoms with Crippen molar-refractivity contribution in [3.05, 3.63) is 12.2 Å².